The number of hydrogen-bond acceptors (Lipinski definition) is 4. The Morgan fingerprint density at radius 3 is 2.71 bits per heavy atom. The lowest BCUT2D eigenvalue weighted by Gasteiger charge is -2.08. The third-order valence-electron chi connectivity index (χ3n) is 2.86. The second-order valence-electron chi connectivity index (χ2n) is 4.59. The van der Waals surface area contributed by atoms with Crippen molar-refractivity contribution in [2.24, 2.45) is 0 Å². The van der Waals surface area contributed by atoms with Crippen LogP contribution >= 0.6 is 22.9 Å². The maximum absolute atomic E-state index is 11.9. The van der Waals surface area contributed by atoms with Crippen LogP contribution in [0.15, 0.2) is 39.9 Å². The van der Waals surface area contributed by atoms with Crippen LogP contribution in [0.3, 0.4) is 0 Å². The van der Waals surface area contributed by atoms with Gasteiger partial charge >= 0.3 is 0 Å². The van der Waals surface area contributed by atoms with Gasteiger partial charge in [-0.3, -0.25) is 4.79 Å². The van der Waals surface area contributed by atoms with E-state index in [-0.39, 0.29) is 10.8 Å². The second kappa shape index (κ2) is 6.60. The number of carbonyl (C=O) groups excluding carboxylic acids is 1. The van der Waals surface area contributed by atoms with Crippen molar-refractivity contribution in [1.82, 2.24) is 0 Å². The summed E-state index contributed by atoms with van der Waals surface area (Å²) in [5, 5.41) is 6.91. The number of nitrogens with one attached hydrogen (secondary N) is 1. The Hall–Kier alpha value is -1.37. The molecule has 0 unspecified atom stereocenters. The molecule has 0 spiro atoms. The zero-order valence-electron chi connectivity index (χ0n) is 11.3. The summed E-state index contributed by atoms with van der Waals surface area (Å²) in [5.74, 6) is -0.200. The van der Waals surface area contributed by atoms with Gasteiger partial charge in [-0.25, -0.2) is 8.42 Å². The van der Waals surface area contributed by atoms with Gasteiger partial charge in [0.1, 0.15) is 0 Å². The molecule has 0 atom stereocenters. The van der Waals surface area contributed by atoms with Gasteiger partial charge in [-0.2, -0.15) is 11.3 Å². The summed E-state index contributed by atoms with van der Waals surface area (Å²) in [6.45, 7) is 0. The third kappa shape index (κ3) is 4.56. The molecule has 0 aliphatic heterocycles. The van der Waals surface area contributed by atoms with Crippen LogP contribution in [0, 0.1) is 0 Å². The normalized spacial score (nSPS) is 11.3. The smallest absolute Gasteiger partial charge is 0.224 e. The number of hydrogen-bond donors (Lipinski definition) is 1. The van der Waals surface area contributed by atoms with Gasteiger partial charge in [0, 0.05) is 12.7 Å². The summed E-state index contributed by atoms with van der Waals surface area (Å²) >= 11 is 7.57. The highest BCUT2D eigenvalue weighted by Gasteiger charge is 2.12. The maximum Gasteiger partial charge on any atom is 0.224 e. The Morgan fingerprint density at radius 2 is 2.10 bits per heavy atom. The molecule has 7 heteroatoms. The van der Waals surface area contributed by atoms with Gasteiger partial charge < -0.3 is 5.32 Å². The predicted octanol–water partition coefficient (Wildman–Crippen LogP) is 3.38. The van der Waals surface area contributed by atoms with Crippen LogP contribution in [-0.4, -0.2) is 20.6 Å². The van der Waals surface area contributed by atoms with Crippen molar-refractivity contribution >= 4 is 44.4 Å². The minimum absolute atomic E-state index is 0.125. The van der Waals surface area contributed by atoms with Gasteiger partial charge in [0.25, 0.3) is 0 Å². The van der Waals surface area contributed by atoms with Crippen molar-refractivity contribution in [1.29, 1.82) is 0 Å². The zero-order chi connectivity index (χ0) is 15.5. The molecule has 21 heavy (non-hydrogen) atoms. The molecule has 1 aromatic carbocycles. The van der Waals surface area contributed by atoms with E-state index in [0.717, 1.165) is 11.8 Å². The van der Waals surface area contributed by atoms with Crippen molar-refractivity contribution in [2.75, 3.05) is 11.6 Å². The van der Waals surface area contributed by atoms with Crippen molar-refractivity contribution in [3.63, 3.8) is 0 Å². The van der Waals surface area contributed by atoms with Crippen LogP contribution in [0.5, 0.6) is 0 Å². The Bertz CT molecular complexity index is 740. The van der Waals surface area contributed by atoms with E-state index in [2.05, 4.69) is 5.32 Å². The molecule has 0 aliphatic rings. The standard InChI is InChI=1S/C14H14ClNO3S2/c1-21(18,19)11-3-4-12(15)13(8-11)16-14(17)5-2-10-6-7-20-9-10/h3-4,6-9H,2,5H2,1H3,(H,16,17). The van der Waals surface area contributed by atoms with Crippen LogP contribution < -0.4 is 5.32 Å². The Morgan fingerprint density at radius 1 is 1.33 bits per heavy atom. The van der Waals surface area contributed by atoms with E-state index in [0.29, 0.717) is 23.6 Å². The molecule has 2 rings (SSSR count). The fourth-order valence-corrected chi connectivity index (χ4v) is 3.25. The molecule has 0 saturated carbocycles. The van der Waals surface area contributed by atoms with Crippen LogP contribution in [0.4, 0.5) is 5.69 Å². The molecule has 0 saturated heterocycles. The first kappa shape index (κ1) is 16.0. The zero-order valence-corrected chi connectivity index (χ0v) is 13.7. The molecule has 0 fully saturated rings. The quantitative estimate of drug-likeness (QED) is 0.905. The number of aryl methyl sites for hydroxylation is 1. The minimum Gasteiger partial charge on any atom is -0.325 e. The van der Waals surface area contributed by atoms with E-state index in [1.54, 1.807) is 11.3 Å². The summed E-state index contributed by atoms with van der Waals surface area (Å²) < 4.78 is 23.0. The fraction of sp³-hybridized carbons (Fsp3) is 0.214. The largest absolute Gasteiger partial charge is 0.325 e. The highest BCUT2D eigenvalue weighted by Crippen LogP contribution is 2.25. The third-order valence-corrected chi connectivity index (χ3v) is 5.03. The van der Waals surface area contributed by atoms with Crippen LogP contribution in [0.1, 0.15) is 12.0 Å². The highest BCUT2D eigenvalue weighted by molar-refractivity contribution is 7.90. The lowest BCUT2D eigenvalue weighted by molar-refractivity contribution is -0.116. The number of rotatable bonds is 5. The molecule has 1 N–H and O–H groups in total. The van der Waals surface area contributed by atoms with Gasteiger partial charge in [-0.1, -0.05) is 11.6 Å². The van der Waals surface area contributed by atoms with Crippen molar-refractivity contribution in [2.45, 2.75) is 17.7 Å². The highest BCUT2D eigenvalue weighted by atomic mass is 35.5. The van der Waals surface area contributed by atoms with Gasteiger partial charge in [-0.05, 0) is 47.0 Å². The molecular formula is C14H14ClNO3S2. The van der Waals surface area contributed by atoms with E-state index >= 15 is 0 Å². The molecule has 112 valence electrons. The monoisotopic (exact) mass is 343 g/mol. The molecule has 2 aromatic rings. The average molecular weight is 344 g/mol. The number of thiophene rings is 1. The SMILES string of the molecule is CS(=O)(=O)c1ccc(Cl)c(NC(=O)CCc2ccsc2)c1. The summed E-state index contributed by atoms with van der Waals surface area (Å²) in [5.41, 5.74) is 1.42. The Kier molecular flexibility index (Phi) is 5.03. The van der Waals surface area contributed by atoms with E-state index < -0.39 is 9.84 Å². The van der Waals surface area contributed by atoms with E-state index in [1.807, 2.05) is 16.8 Å². The summed E-state index contributed by atoms with van der Waals surface area (Å²) in [6.07, 6.45) is 2.06. The fourth-order valence-electron chi connectivity index (χ4n) is 1.74. The van der Waals surface area contributed by atoms with Gasteiger partial charge in [-0.15, -0.1) is 0 Å². The summed E-state index contributed by atoms with van der Waals surface area (Å²) in [4.78, 5) is 12.0. The maximum atomic E-state index is 11.9. The Labute approximate surface area is 132 Å². The average Bonchev–Trinajstić information content (AvgIpc) is 2.91. The molecule has 0 aliphatic carbocycles. The van der Waals surface area contributed by atoms with Crippen LogP contribution in [-0.2, 0) is 21.1 Å². The molecule has 1 aromatic heterocycles. The van der Waals surface area contributed by atoms with E-state index in [9.17, 15) is 13.2 Å². The molecule has 1 amide bonds. The first-order valence-electron chi connectivity index (χ1n) is 6.17. The predicted molar refractivity (Wildman–Crippen MR) is 85.8 cm³/mol. The van der Waals surface area contributed by atoms with Crippen molar-refractivity contribution < 1.29 is 13.2 Å². The number of carbonyl (C=O) groups is 1. The second-order valence-corrected chi connectivity index (χ2v) is 7.80. The number of benzene rings is 1. The van der Waals surface area contributed by atoms with Gasteiger partial charge in [0.15, 0.2) is 9.84 Å². The lowest BCUT2D eigenvalue weighted by atomic mass is 10.2. The lowest BCUT2D eigenvalue weighted by Crippen LogP contribution is -2.13. The topological polar surface area (TPSA) is 63.2 Å². The molecule has 1 heterocycles. The first-order chi connectivity index (χ1) is 9.86. The number of anilines is 1. The van der Waals surface area contributed by atoms with Gasteiger partial charge in [0.2, 0.25) is 5.91 Å². The molecule has 0 bridgehead atoms. The number of halogens is 1. The molecule has 0 radical (unpaired) electrons. The van der Waals surface area contributed by atoms with Crippen molar-refractivity contribution in [3.05, 3.63) is 45.6 Å². The number of amides is 1. The van der Waals surface area contributed by atoms with Crippen molar-refractivity contribution in [3.8, 4) is 0 Å². The summed E-state index contributed by atoms with van der Waals surface area (Å²) in [6, 6.07) is 6.22. The molecule has 4 nitrogen and oxygen atoms in total. The van der Waals surface area contributed by atoms with E-state index in [1.165, 1.54) is 18.2 Å². The minimum atomic E-state index is -3.33. The van der Waals surface area contributed by atoms with Crippen LogP contribution in [0.2, 0.25) is 5.02 Å². The van der Waals surface area contributed by atoms with Crippen LogP contribution in [0.25, 0.3) is 0 Å². The van der Waals surface area contributed by atoms with E-state index in [4.69, 9.17) is 11.6 Å². The summed E-state index contributed by atoms with van der Waals surface area (Å²) in [7, 11) is -3.33. The Balaban J connectivity index is 2.06. The molecular weight excluding hydrogens is 330 g/mol. The van der Waals surface area contributed by atoms with Gasteiger partial charge in [0.05, 0.1) is 15.6 Å². The first-order valence-corrected chi connectivity index (χ1v) is 9.38. The number of sulfone groups is 1.